The largest absolute Gasteiger partial charge is 0.481 e. The molecule has 1 heterocycles. The molecule has 0 aromatic heterocycles. The van der Waals surface area contributed by atoms with E-state index < -0.39 is 16.2 Å². The highest BCUT2D eigenvalue weighted by Gasteiger charge is 2.26. The van der Waals surface area contributed by atoms with E-state index in [1.54, 1.807) is 0 Å². The zero-order valence-electron chi connectivity index (χ0n) is 11.6. The van der Waals surface area contributed by atoms with Gasteiger partial charge in [-0.3, -0.25) is 4.79 Å². The first-order valence-electron chi connectivity index (χ1n) is 6.78. The van der Waals surface area contributed by atoms with Crippen LogP contribution in [0.25, 0.3) is 0 Å². The maximum Gasteiger partial charge on any atom is 0.303 e. The van der Waals surface area contributed by atoms with Crippen molar-refractivity contribution in [2.45, 2.75) is 39.5 Å². The molecule has 1 rings (SSSR count). The first-order chi connectivity index (χ1) is 8.81. The van der Waals surface area contributed by atoms with Gasteiger partial charge in [0.2, 0.25) is 0 Å². The number of nitrogens with zero attached hydrogens (tertiary/aromatic N) is 1. The minimum absolute atomic E-state index is 0.0228. The molecule has 6 nitrogen and oxygen atoms in total. The lowest BCUT2D eigenvalue weighted by Gasteiger charge is -2.29. The summed E-state index contributed by atoms with van der Waals surface area (Å²) in [6.45, 7) is 5.41. The second-order valence-corrected chi connectivity index (χ2v) is 7.23. The normalized spacial score (nSPS) is 20.3. The lowest BCUT2D eigenvalue weighted by atomic mass is 10.0. The van der Waals surface area contributed by atoms with E-state index in [2.05, 4.69) is 11.6 Å². The van der Waals surface area contributed by atoms with Gasteiger partial charge in [0.25, 0.3) is 10.2 Å². The average molecular weight is 292 g/mol. The van der Waals surface area contributed by atoms with Gasteiger partial charge in [0.05, 0.1) is 0 Å². The Bertz CT molecular complexity index is 389. The van der Waals surface area contributed by atoms with Crippen LogP contribution in [0.15, 0.2) is 0 Å². The summed E-state index contributed by atoms with van der Waals surface area (Å²) >= 11 is 0. The van der Waals surface area contributed by atoms with Crippen molar-refractivity contribution in [2.75, 3.05) is 19.6 Å². The molecule has 0 saturated carbocycles. The SMILES string of the molecule is CC1CCN(S(=O)(=O)NCC(C)CCC(=O)O)CC1. The Morgan fingerprint density at radius 2 is 2.00 bits per heavy atom. The van der Waals surface area contributed by atoms with Gasteiger partial charge in [-0.1, -0.05) is 13.8 Å². The monoisotopic (exact) mass is 292 g/mol. The van der Waals surface area contributed by atoms with Gasteiger partial charge in [-0.2, -0.15) is 12.7 Å². The van der Waals surface area contributed by atoms with Gasteiger partial charge >= 0.3 is 5.97 Å². The summed E-state index contributed by atoms with van der Waals surface area (Å²) in [5.41, 5.74) is 0. The predicted molar refractivity (Wildman–Crippen MR) is 72.9 cm³/mol. The third-order valence-corrected chi connectivity index (χ3v) is 5.12. The van der Waals surface area contributed by atoms with Crippen LogP contribution in [0, 0.1) is 11.8 Å². The van der Waals surface area contributed by atoms with Crippen molar-refractivity contribution in [1.29, 1.82) is 0 Å². The molecule has 19 heavy (non-hydrogen) atoms. The van der Waals surface area contributed by atoms with E-state index in [9.17, 15) is 13.2 Å². The van der Waals surface area contributed by atoms with Crippen molar-refractivity contribution in [1.82, 2.24) is 9.03 Å². The van der Waals surface area contributed by atoms with Gasteiger partial charge < -0.3 is 5.11 Å². The van der Waals surface area contributed by atoms with Crippen LogP contribution < -0.4 is 4.72 Å². The highest BCUT2D eigenvalue weighted by molar-refractivity contribution is 7.87. The number of rotatable bonds is 7. The van der Waals surface area contributed by atoms with Crippen molar-refractivity contribution < 1.29 is 18.3 Å². The third-order valence-electron chi connectivity index (χ3n) is 3.55. The standard InChI is InChI=1S/C12H24N2O4S/c1-10-5-7-14(8-6-10)19(17,18)13-9-11(2)3-4-12(15)16/h10-11,13H,3-9H2,1-2H3,(H,15,16). The van der Waals surface area contributed by atoms with Crippen LogP contribution in [0.5, 0.6) is 0 Å². The summed E-state index contributed by atoms with van der Waals surface area (Å²) in [6.07, 6.45) is 2.35. The van der Waals surface area contributed by atoms with E-state index in [4.69, 9.17) is 5.11 Å². The number of piperidine rings is 1. The minimum atomic E-state index is -3.40. The second-order valence-electron chi connectivity index (χ2n) is 5.47. The number of carboxylic acids is 1. The summed E-state index contributed by atoms with van der Waals surface area (Å²) in [6, 6.07) is 0. The number of nitrogens with one attached hydrogen (secondary N) is 1. The predicted octanol–water partition coefficient (Wildman–Crippen LogP) is 1.05. The van der Waals surface area contributed by atoms with Crippen LogP contribution in [-0.2, 0) is 15.0 Å². The van der Waals surface area contributed by atoms with E-state index in [0.29, 0.717) is 32.0 Å². The summed E-state index contributed by atoms with van der Waals surface area (Å²) in [7, 11) is -3.40. The molecule has 1 fully saturated rings. The Balaban J connectivity index is 2.36. The molecule has 2 N–H and O–H groups in total. The van der Waals surface area contributed by atoms with Crippen LogP contribution >= 0.6 is 0 Å². The van der Waals surface area contributed by atoms with Crippen LogP contribution in [0.2, 0.25) is 0 Å². The number of carbonyl (C=O) groups is 1. The highest BCUT2D eigenvalue weighted by atomic mass is 32.2. The molecule has 0 aromatic carbocycles. The smallest absolute Gasteiger partial charge is 0.303 e. The summed E-state index contributed by atoms with van der Waals surface area (Å²) < 4.78 is 28.1. The van der Waals surface area contributed by atoms with Gasteiger partial charge in [-0.05, 0) is 31.1 Å². The molecule has 0 aliphatic carbocycles. The second kappa shape index (κ2) is 7.21. The molecule has 0 amide bonds. The molecular formula is C12H24N2O4S. The van der Waals surface area contributed by atoms with Crippen LogP contribution in [0.3, 0.4) is 0 Å². The zero-order chi connectivity index (χ0) is 14.5. The Hall–Kier alpha value is -0.660. The van der Waals surface area contributed by atoms with Gasteiger partial charge in [0, 0.05) is 26.1 Å². The van der Waals surface area contributed by atoms with Crippen molar-refractivity contribution >= 4 is 16.2 Å². The van der Waals surface area contributed by atoms with E-state index in [1.165, 1.54) is 4.31 Å². The Kier molecular flexibility index (Phi) is 6.22. The molecule has 0 aromatic rings. The van der Waals surface area contributed by atoms with Crippen molar-refractivity contribution in [2.24, 2.45) is 11.8 Å². The van der Waals surface area contributed by atoms with Crippen molar-refractivity contribution in [3.05, 3.63) is 0 Å². The van der Waals surface area contributed by atoms with E-state index >= 15 is 0 Å². The van der Waals surface area contributed by atoms with Crippen molar-refractivity contribution in [3.63, 3.8) is 0 Å². The lowest BCUT2D eigenvalue weighted by molar-refractivity contribution is -0.137. The summed E-state index contributed by atoms with van der Waals surface area (Å²) in [4.78, 5) is 10.4. The van der Waals surface area contributed by atoms with Crippen molar-refractivity contribution in [3.8, 4) is 0 Å². The molecule has 1 aliphatic heterocycles. The average Bonchev–Trinajstić information content (AvgIpc) is 2.34. The van der Waals surface area contributed by atoms with Gasteiger partial charge in [0.15, 0.2) is 0 Å². The Labute approximate surface area is 115 Å². The molecule has 1 aliphatic rings. The van der Waals surface area contributed by atoms with Gasteiger partial charge in [-0.15, -0.1) is 0 Å². The molecule has 0 radical (unpaired) electrons. The maximum atomic E-state index is 12.0. The van der Waals surface area contributed by atoms with E-state index in [0.717, 1.165) is 12.8 Å². The fourth-order valence-electron chi connectivity index (χ4n) is 2.04. The van der Waals surface area contributed by atoms with E-state index in [1.807, 2.05) is 6.92 Å². The molecule has 7 heteroatoms. The third kappa shape index (κ3) is 5.88. The Morgan fingerprint density at radius 1 is 1.42 bits per heavy atom. The number of carboxylic acid groups (broad SMARTS) is 1. The quantitative estimate of drug-likeness (QED) is 0.734. The summed E-state index contributed by atoms with van der Waals surface area (Å²) in [5.74, 6) is -0.241. The first-order valence-corrected chi connectivity index (χ1v) is 8.22. The minimum Gasteiger partial charge on any atom is -0.481 e. The molecule has 1 saturated heterocycles. The molecule has 1 unspecified atom stereocenters. The topological polar surface area (TPSA) is 86.7 Å². The van der Waals surface area contributed by atoms with Gasteiger partial charge in [-0.25, -0.2) is 4.72 Å². The maximum absolute atomic E-state index is 12.0. The number of aliphatic carboxylic acids is 1. The molecule has 112 valence electrons. The fraction of sp³-hybridized carbons (Fsp3) is 0.917. The number of hydrogen-bond donors (Lipinski definition) is 2. The number of hydrogen-bond acceptors (Lipinski definition) is 3. The fourth-order valence-corrected chi connectivity index (χ4v) is 3.41. The first kappa shape index (κ1) is 16.4. The van der Waals surface area contributed by atoms with Gasteiger partial charge in [0.1, 0.15) is 0 Å². The lowest BCUT2D eigenvalue weighted by Crippen LogP contribution is -2.45. The van der Waals surface area contributed by atoms with Crippen LogP contribution in [0.4, 0.5) is 0 Å². The zero-order valence-corrected chi connectivity index (χ0v) is 12.4. The molecular weight excluding hydrogens is 268 g/mol. The molecule has 1 atom stereocenters. The molecule has 0 bridgehead atoms. The Morgan fingerprint density at radius 3 is 2.53 bits per heavy atom. The van der Waals surface area contributed by atoms with Crippen LogP contribution in [-0.4, -0.2) is 43.4 Å². The van der Waals surface area contributed by atoms with E-state index in [-0.39, 0.29) is 12.3 Å². The summed E-state index contributed by atoms with van der Waals surface area (Å²) in [5, 5.41) is 8.57. The van der Waals surface area contributed by atoms with Crippen LogP contribution in [0.1, 0.15) is 39.5 Å². The highest BCUT2D eigenvalue weighted by Crippen LogP contribution is 2.18. The molecule has 0 spiro atoms.